The average molecular weight is 473 g/mol. The molecule has 0 aliphatic carbocycles. The van der Waals surface area contributed by atoms with E-state index in [-0.39, 0.29) is 24.2 Å². The lowest BCUT2D eigenvalue weighted by atomic mass is 9.89. The molecule has 0 saturated carbocycles. The molecule has 0 bridgehead atoms. The predicted molar refractivity (Wildman–Crippen MR) is 131 cm³/mol. The van der Waals surface area contributed by atoms with Gasteiger partial charge in [0.1, 0.15) is 24.4 Å². The molecule has 0 spiro atoms. The smallest absolute Gasteiger partial charge is 0.245 e. The summed E-state index contributed by atoms with van der Waals surface area (Å²) in [4.78, 5) is 29.9. The summed E-state index contributed by atoms with van der Waals surface area (Å²) in [7, 11) is 0. The van der Waals surface area contributed by atoms with Gasteiger partial charge in [-0.1, -0.05) is 12.6 Å². The molecule has 3 aromatic heterocycles. The highest BCUT2D eigenvalue weighted by molar-refractivity contribution is 5.92. The number of anilines is 2. The maximum Gasteiger partial charge on any atom is 0.245 e. The van der Waals surface area contributed by atoms with Crippen LogP contribution in [-0.4, -0.2) is 43.8 Å². The van der Waals surface area contributed by atoms with Gasteiger partial charge in [0, 0.05) is 37.2 Å². The Labute approximate surface area is 201 Å². The van der Waals surface area contributed by atoms with E-state index in [1.807, 2.05) is 29.3 Å². The number of fused-ring (bicyclic) bond motifs is 1. The Balaban J connectivity index is 1.33. The Morgan fingerprint density at radius 3 is 2.83 bits per heavy atom. The largest absolute Gasteiger partial charge is 0.484 e. The molecule has 0 atom stereocenters. The summed E-state index contributed by atoms with van der Waals surface area (Å²) >= 11 is 0. The molecule has 4 heterocycles. The van der Waals surface area contributed by atoms with Crippen LogP contribution in [0.4, 0.5) is 15.9 Å². The Morgan fingerprint density at radius 1 is 1.23 bits per heavy atom. The normalized spacial score (nSPS) is 14.1. The molecule has 0 unspecified atom stereocenters. The highest BCUT2D eigenvalue weighted by Crippen LogP contribution is 2.36. The first-order valence-electron chi connectivity index (χ1n) is 11.4. The molecule has 9 heteroatoms. The lowest BCUT2D eigenvalue weighted by Gasteiger charge is -2.31. The number of rotatable bonds is 7. The van der Waals surface area contributed by atoms with Gasteiger partial charge in [0.15, 0.2) is 11.6 Å². The van der Waals surface area contributed by atoms with E-state index >= 15 is 0 Å². The van der Waals surface area contributed by atoms with Crippen molar-refractivity contribution in [2.75, 3.05) is 18.4 Å². The lowest BCUT2D eigenvalue weighted by Crippen LogP contribution is -2.36. The van der Waals surface area contributed by atoms with Gasteiger partial charge in [0.25, 0.3) is 0 Å². The number of amides is 1. The van der Waals surface area contributed by atoms with Crippen molar-refractivity contribution in [1.82, 2.24) is 24.8 Å². The van der Waals surface area contributed by atoms with Gasteiger partial charge in [0.2, 0.25) is 5.91 Å². The number of nitrogens with zero attached hydrogens (tertiary/aromatic N) is 4. The zero-order chi connectivity index (χ0) is 24.2. The summed E-state index contributed by atoms with van der Waals surface area (Å²) in [5, 5.41) is 4.11. The van der Waals surface area contributed by atoms with Gasteiger partial charge in [-0.15, -0.1) is 0 Å². The number of piperidine rings is 1. The van der Waals surface area contributed by atoms with E-state index in [0.717, 1.165) is 29.5 Å². The Morgan fingerprint density at radius 2 is 2.09 bits per heavy atom. The number of ether oxygens (including phenoxy) is 1. The second-order valence-electron chi connectivity index (χ2n) is 8.37. The molecular weight excluding hydrogens is 447 g/mol. The van der Waals surface area contributed by atoms with Gasteiger partial charge in [-0.2, -0.15) is 0 Å². The number of aromatic amines is 1. The molecule has 2 N–H and O–H groups in total. The number of H-pyrrole nitrogens is 1. The van der Waals surface area contributed by atoms with Gasteiger partial charge in [-0.25, -0.2) is 14.4 Å². The van der Waals surface area contributed by atoms with E-state index in [2.05, 4.69) is 31.8 Å². The van der Waals surface area contributed by atoms with Crippen molar-refractivity contribution in [3.05, 3.63) is 84.8 Å². The Hall–Kier alpha value is -4.27. The number of carbonyl (C=O) groups excluding carboxylic acids is 1. The van der Waals surface area contributed by atoms with Crippen LogP contribution in [0.1, 0.15) is 30.0 Å². The number of aromatic nitrogens is 4. The fraction of sp³-hybridized carbons (Fsp3) is 0.231. The predicted octanol–water partition coefficient (Wildman–Crippen LogP) is 4.71. The maximum atomic E-state index is 14.7. The van der Waals surface area contributed by atoms with Crippen molar-refractivity contribution in [2.24, 2.45) is 0 Å². The molecular formula is C26H25FN6O2. The van der Waals surface area contributed by atoms with Crippen LogP contribution in [0.25, 0.3) is 11.0 Å². The van der Waals surface area contributed by atoms with Crippen molar-refractivity contribution in [1.29, 1.82) is 0 Å². The standard InChI is InChI=1S/C26H25FN6O2/c1-2-23(34)33-11-8-17(9-12-33)20-14-29-25-24(20)26(31-16-30-25)32-18-6-7-22(21(27)13-18)35-15-19-5-3-4-10-28-19/h2-7,10,13-14,16-17H,1,8-9,11-12,15H2,(H2,29,30,31,32). The van der Waals surface area contributed by atoms with E-state index in [1.54, 1.807) is 18.3 Å². The summed E-state index contributed by atoms with van der Waals surface area (Å²) in [6.45, 7) is 5.10. The molecule has 1 amide bonds. The minimum absolute atomic E-state index is 0.0393. The summed E-state index contributed by atoms with van der Waals surface area (Å²) in [5.74, 6) is 0.477. The van der Waals surface area contributed by atoms with Crippen molar-refractivity contribution in [2.45, 2.75) is 25.4 Å². The highest BCUT2D eigenvalue weighted by atomic mass is 19.1. The van der Waals surface area contributed by atoms with Crippen LogP contribution in [0.5, 0.6) is 5.75 Å². The third-order valence-corrected chi connectivity index (χ3v) is 6.22. The van der Waals surface area contributed by atoms with Crippen molar-refractivity contribution >= 4 is 28.4 Å². The zero-order valence-electron chi connectivity index (χ0n) is 19.1. The van der Waals surface area contributed by atoms with Gasteiger partial charge in [-0.05, 0) is 54.7 Å². The third kappa shape index (κ3) is 4.84. The maximum absolute atomic E-state index is 14.7. The van der Waals surface area contributed by atoms with Crippen molar-refractivity contribution in [3.63, 3.8) is 0 Å². The molecule has 0 radical (unpaired) electrons. The summed E-state index contributed by atoms with van der Waals surface area (Å²) < 4.78 is 20.3. The highest BCUT2D eigenvalue weighted by Gasteiger charge is 2.26. The van der Waals surface area contributed by atoms with E-state index in [9.17, 15) is 9.18 Å². The van der Waals surface area contributed by atoms with Crippen LogP contribution in [0.2, 0.25) is 0 Å². The molecule has 8 nitrogen and oxygen atoms in total. The van der Waals surface area contributed by atoms with E-state index < -0.39 is 5.82 Å². The monoisotopic (exact) mass is 472 g/mol. The van der Waals surface area contributed by atoms with E-state index in [4.69, 9.17) is 4.74 Å². The van der Waals surface area contributed by atoms with Crippen LogP contribution in [0, 0.1) is 5.82 Å². The molecule has 178 valence electrons. The number of likely N-dealkylation sites (tertiary alicyclic amines) is 1. The van der Waals surface area contributed by atoms with Crippen LogP contribution in [-0.2, 0) is 11.4 Å². The number of hydrogen-bond donors (Lipinski definition) is 2. The summed E-state index contributed by atoms with van der Waals surface area (Å²) in [5.41, 5.74) is 3.06. The van der Waals surface area contributed by atoms with E-state index in [0.29, 0.717) is 30.2 Å². The topological polar surface area (TPSA) is 96.0 Å². The number of hydrogen-bond acceptors (Lipinski definition) is 6. The second kappa shape index (κ2) is 9.92. The minimum atomic E-state index is -0.482. The first-order valence-corrected chi connectivity index (χ1v) is 11.4. The van der Waals surface area contributed by atoms with Crippen LogP contribution in [0.15, 0.2) is 67.8 Å². The molecule has 1 aliphatic heterocycles. The van der Waals surface area contributed by atoms with Crippen molar-refractivity contribution < 1.29 is 13.9 Å². The van der Waals surface area contributed by atoms with Crippen LogP contribution < -0.4 is 10.1 Å². The SMILES string of the molecule is C=CC(=O)N1CCC(c2c[nH]c3ncnc(Nc4ccc(OCc5ccccn5)c(F)c4)c23)CC1. The molecule has 1 aliphatic rings. The third-order valence-electron chi connectivity index (χ3n) is 6.22. The Bertz CT molecular complexity index is 1350. The van der Waals surface area contributed by atoms with Crippen LogP contribution in [0.3, 0.4) is 0 Å². The van der Waals surface area contributed by atoms with Gasteiger partial charge < -0.3 is 19.9 Å². The number of benzene rings is 1. The zero-order valence-corrected chi connectivity index (χ0v) is 19.1. The lowest BCUT2D eigenvalue weighted by molar-refractivity contribution is -0.127. The molecule has 1 saturated heterocycles. The van der Waals surface area contributed by atoms with Gasteiger partial charge >= 0.3 is 0 Å². The fourth-order valence-electron chi connectivity index (χ4n) is 4.41. The van der Waals surface area contributed by atoms with Crippen molar-refractivity contribution in [3.8, 4) is 5.75 Å². The van der Waals surface area contributed by atoms with E-state index in [1.165, 1.54) is 18.5 Å². The number of carbonyl (C=O) groups is 1. The quantitative estimate of drug-likeness (QED) is 0.378. The second-order valence-corrected chi connectivity index (χ2v) is 8.37. The molecule has 5 rings (SSSR count). The van der Waals surface area contributed by atoms with Gasteiger partial charge in [0.05, 0.1) is 11.1 Å². The number of nitrogens with one attached hydrogen (secondary N) is 2. The van der Waals surface area contributed by atoms with Gasteiger partial charge in [-0.3, -0.25) is 9.78 Å². The summed E-state index contributed by atoms with van der Waals surface area (Å²) in [6.07, 6.45) is 8.11. The number of halogens is 1. The van der Waals surface area contributed by atoms with Crippen LogP contribution >= 0.6 is 0 Å². The first-order chi connectivity index (χ1) is 17.1. The summed E-state index contributed by atoms with van der Waals surface area (Å²) in [6, 6.07) is 10.2. The fourth-order valence-corrected chi connectivity index (χ4v) is 4.41. The molecule has 1 aromatic carbocycles. The average Bonchev–Trinajstić information content (AvgIpc) is 3.34. The first kappa shape index (κ1) is 22.5. The Kier molecular flexibility index (Phi) is 6.38. The minimum Gasteiger partial charge on any atom is -0.484 e. The molecule has 4 aromatic rings. The molecule has 1 fully saturated rings. The molecule has 35 heavy (non-hydrogen) atoms. The number of pyridine rings is 1.